The van der Waals surface area contributed by atoms with Gasteiger partial charge in [-0.3, -0.25) is 4.79 Å². The third-order valence-corrected chi connectivity index (χ3v) is 8.13. The van der Waals surface area contributed by atoms with Gasteiger partial charge in [0, 0.05) is 38.9 Å². The Balaban J connectivity index is 1.63. The first-order chi connectivity index (χ1) is 14.9. The number of nitrogens with zero attached hydrogens (tertiary/aromatic N) is 2. The number of amides is 1. The van der Waals surface area contributed by atoms with Gasteiger partial charge in [-0.25, -0.2) is 12.7 Å². The van der Waals surface area contributed by atoms with Gasteiger partial charge in [0.1, 0.15) is 0 Å². The fourth-order valence-electron chi connectivity index (χ4n) is 4.23. The van der Waals surface area contributed by atoms with Crippen LogP contribution in [0.2, 0.25) is 0 Å². The minimum Gasteiger partial charge on any atom is -0.375 e. The van der Waals surface area contributed by atoms with Gasteiger partial charge in [-0.1, -0.05) is 48.5 Å². The highest BCUT2D eigenvalue weighted by Crippen LogP contribution is 2.36. The fraction of sp³-hybridized carbons (Fsp3) is 0.458. The predicted molar refractivity (Wildman–Crippen MR) is 126 cm³/mol. The maximum absolute atomic E-state index is 13.4. The Morgan fingerprint density at radius 1 is 1.03 bits per heavy atom. The molecule has 1 saturated heterocycles. The van der Waals surface area contributed by atoms with E-state index in [0.717, 1.165) is 24.2 Å². The van der Waals surface area contributed by atoms with E-state index in [2.05, 4.69) is 22.3 Å². The maximum atomic E-state index is 13.4. The number of hydrogen-bond acceptors (Lipinski definition) is 4. The van der Waals surface area contributed by atoms with Crippen molar-refractivity contribution in [1.82, 2.24) is 9.62 Å². The minimum absolute atomic E-state index is 0.00499. The number of para-hydroxylation sites is 1. The van der Waals surface area contributed by atoms with E-state index >= 15 is 0 Å². The normalized spacial score (nSPS) is 16.6. The summed E-state index contributed by atoms with van der Waals surface area (Å²) in [5.41, 5.74) is 1.42. The van der Waals surface area contributed by atoms with E-state index < -0.39 is 15.4 Å². The van der Waals surface area contributed by atoms with Crippen LogP contribution >= 0.6 is 0 Å². The molecule has 31 heavy (non-hydrogen) atoms. The number of piperidine rings is 1. The average Bonchev–Trinajstić information content (AvgIpc) is 2.82. The molecule has 2 aromatic rings. The summed E-state index contributed by atoms with van der Waals surface area (Å²) in [5.74, 6) is 0.0848. The van der Waals surface area contributed by atoms with Gasteiger partial charge >= 0.3 is 0 Å². The van der Waals surface area contributed by atoms with Crippen molar-refractivity contribution < 1.29 is 13.2 Å². The smallest absolute Gasteiger partial charge is 0.230 e. The maximum Gasteiger partial charge on any atom is 0.230 e. The number of anilines is 1. The van der Waals surface area contributed by atoms with Gasteiger partial charge in [0.15, 0.2) is 0 Å². The van der Waals surface area contributed by atoms with Crippen LogP contribution in [0.25, 0.3) is 0 Å². The molecule has 1 N–H and O–H groups in total. The molecular formula is C24H33N3O3S. The summed E-state index contributed by atoms with van der Waals surface area (Å²) in [6.07, 6.45) is 1.82. The third kappa shape index (κ3) is 5.46. The van der Waals surface area contributed by atoms with Gasteiger partial charge < -0.3 is 10.2 Å². The number of benzene rings is 2. The Hall–Kier alpha value is -2.38. The van der Waals surface area contributed by atoms with Crippen LogP contribution in [0, 0.1) is 0 Å². The first kappa shape index (κ1) is 23.3. The zero-order valence-electron chi connectivity index (χ0n) is 18.5. The molecule has 1 heterocycles. The van der Waals surface area contributed by atoms with Crippen LogP contribution in [0.15, 0.2) is 60.7 Å². The molecule has 1 aliphatic heterocycles. The zero-order valence-corrected chi connectivity index (χ0v) is 19.3. The number of rotatable bonds is 9. The molecule has 7 heteroatoms. The van der Waals surface area contributed by atoms with Gasteiger partial charge in [0.25, 0.3) is 0 Å². The highest BCUT2D eigenvalue weighted by atomic mass is 32.2. The van der Waals surface area contributed by atoms with E-state index in [4.69, 9.17) is 0 Å². The van der Waals surface area contributed by atoms with Crippen molar-refractivity contribution in [2.45, 2.75) is 31.6 Å². The van der Waals surface area contributed by atoms with Crippen molar-refractivity contribution in [2.24, 2.45) is 0 Å². The summed E-state index contributed by atoms with van der Waals surface area (Å²) in [6.45, 7) is 3.82. The van der Waals surface area contributed by atoms with E-state index in [1.807, 2.05) is 55.6 Å². The van der Waals surface area contributed by atoms with Gasteiger partial charge in [0.05, 0.1) is 11.2 Å². The first-order valence-corrected chi connectivity index (χ1v) is 12.6. The van der Waals surface area contributed by atoms with Crippen LogP contribution < -0.4 is 10.2 Å². The van der Waals surface area contributed by atoms with Crippen molar-refractivity contribution in [2.75, 3.05) is 43.9 Å². The summed E-state index contributed by atoms with van der Waals surface area (Å²) >= 11 is 0. The van der Waals surface area contributed by atoms with Crippen molar-refractivity contribution in [3.05, 3.63) is 66.2 Å². The van der Waals surface area contributed by atoms with Crippen LogP contribution in [0.5, 0.6) is 0 Å². The van der Waals surface area contributed by atoms with Crippen LogP contribution in [0.3, 0.4) is 0 Å². The standard InChI is InChI=1S/C24H33N3O3S/c1-3-31(29,30)27-19-15-24(16-20-27,21-11-6-4-7-12-21)23(28)25-17-10-18-26(2)22-13-8-5-9-14-22/h4-9,11-14H,3,10,15-20H2,1-2H3,(H,25,28). The second-order valence-corrected chi connectivity index (χ2v) is 10.4. The lowest BCUT2D eigenvalue weighted by atomic mass is 9.72. The van der Waals surface area contributed by atoms with E-state index in [1.54, 1.807) is 6.92 Å². The minimum atomic E-state index is -3.24. The molecule has 1 aliphatic rings. The Labute approximate surface area is 186 Å². The molecule has 0 aromatic heterocycles. The molecule has 0 unspecified atom stereocenters. The molecule has 1 amide bonds. The van der Waals surface area contributed by atoms with Crippen molar-refractivity contribution in [3.8, 4) is 0 Å². The molecule has 0 saturated carbocycles. The number of hydrogen-bond donors (Lipinski definition) is 1. The summed E-state index contributed by atoms with van der Waals surface area (Å²) in [4.78, 5) is 15.5. The van der Waals surface area contributed by atoms with E-state index in [0.29, 0.717) is 32.5 Å². The Kier molecular flexibility index (Phi) is 7.73. The van der Waals surface area contributed by atoms with Gasteiger partial charge in [0.2, 0.25) is 15.9 Å². The van der Waals surface area contributed by atoms with Crippen LogP contribution in [0.1, 0.15) is 31.7 Å². The molecule has 168 valence electrons. The molecular weight excluding hydrogens is 410 g/mol. The topological polar surface area (TPSA) is 69.7 Å². The third-order valence-electron chi connectivity index (χ3n) is 6.25. The number of carbonyl (C=O) groups is 1. The van der Waals surface area contributed by atoms with Crippen molar-refractivity contribution >= 4 is 21.6 Å². The number of sulfonamides is 1. The molecule has 0 spiro atoms. The summed E-state index contributed by atoms with van der Waals surface area (Å²) in [7, 11) is -1.19. The Bertz CT molecular complexity index is 941. The number of nitrogens with one attached hydrogen (secondary N) is 1. The lowest BCUT2D eigenvalue weighted by Gasteiger charge is -2.40. The monoisotopic (exact) mass is 443 g/mol. The van der Waals surface area contributed by atoms with Gasteiger partial charge in [-0.05, 0) is 43.9 Å². The molecule has 1 fully saturated rings. The number of carbonyl (C=O) groups excluding carboxylic acids is 1. The molecule has 3 rings (SSSR count). The summed E-state index contributed by atoms with van der Waals surface area (Å²) in [5, 5.41) is 3.13. The van der Waals surface area contributed by atoms with E-state index in [-0.39, 0.29) is 11.7 Å². The summed E-state index contributed by atoms with van der Waals surface area (Å²) < 4.78 is 26.1. The second-order valence-electron chi connectivity index (χ2n) is 8.11. The van der Waals surface area contributed by atoms with Crippen LogP contribution in [-0.2, 0) is 20.2 Å². The quantitative estimate of drug-likeness (QED) is 0.605. The Morgan fingerprint density at radius 3 is 2.19 bits per heavy atom. The molecule has 6 nitrogen and oxygen atoms in total. The lowest BCUT2D eigenvalue weighted by molar-refractivity contribution is -0.128. The van der Waals surface area contributed by atoms with E-state index in [1.165, 1.54) is 4.31 Å². The van der Waals surface area contributed by atoms with Crippen molar-refractivity contribution in [3.63, 3.8) is 0 Å². The molecule has 0 aliphatic carbocycles. The molecule has 0 bridgehead atoms. The zero-order chi connectivity index (χ0) is 22.3. The second kappa shape index (κ2) is 10.3. The SMILES string of the molecule is CCS(=O)(=O)N1CCC(C(=O)NCCCN(C)c2ccccc2)(c2ccccc2)CC1. The van der Waals surface area contributed by atoms with Gasteiger partial charge in [-0.2, -0.15) is 0 Å². The average molecular weight is 444 g/mol. The predicted octanol–water partition coefficient (Wildman–Crippen LogP) is 3.01. The van der Waals surface area contributed by atoms with E-state index in [9.17, 15) is 13.2 Å². The largest absolute Gasteiger partial charge is 0.375 e. The fourth-order valence-corrected chi connectivity index (χ4v) is 5.34. The molecule has 0 atom stereocenters. The molecule has 0 radical (unpaired) electrons. The van der Waals surface area contributed by atoms with Crippen molar-refractivity contribution in [1.29, 1.82) is 0 Å². The summed E-state index contributed by atoms with van der Waals surface area (Å²) in [6, 6.07) is 19.9. The first-order valence-electron chi connectivity index (χ1n) is 11.0. The highest BCUT2D eigenvalue weighted by Gasteiger charge is 2.44. The Morgan fingerprint density at radius 2 is 1.61 bits per heavy atom. The van der Waals surface area contributed by atoms with Crippen LogP contribution in [-0.4, -0.2) is 57.6 Å². The molecule has 2 aromatic carbocycles. The van der Waals surface area contributed by atoms with Gasteiger partial charge in [-0.15, -0.1) is 0 Å². The van der Waals surface area contributed by atoms with Crippen LogP contribution in [0.4, 0.5) is 5.69 Å². The lowest BCUT2D eigenvalue weighted by Crippen LogP contribution is -2.53. The highest BCUT2D eigenvalue weighted by molar-refractivity contribution is 7.89.